The van der Waals surface area contributed by atoms with Crippen LogP contribution < -0.4 is 29.8 Å². The number of ether oxygens (including phenoxy) is 4. The third-order valence-corrected chi connectivity index (χ3v) is 5.14. The number of carbonyl (C=O) groups is 1. The monoisotopic (exact) mass is 441 g/mol. The highest BCUT2D eigenvalue weighted by molar-refractivity contribution is 5.82. The van der Waals surface area contributed by atoms with Crippen LogP contribution in [0.4, 0.5) is 0 Å². The summed E-state index contributed by atoms with van der Waals surface area (Å²) in [4.78, 5) is 30.0. The lowest BCUT2D eigenvalue weighted by molar-refractivity contribution is -0.121. The van der Waals surface area contributed by atoms with Crippen molar-refractivity contribution in [2.24, 2.45) is 0 Å². The van der Waals surface area contributed by atoms with Gasteiger partial charge in [-0.15, -0.1) is 0 Å². The Morgan fingerprint density at radius 2 is 1.56 bits per heavy atom. The van der Waals surface area contributed by atoms with Crippen molar-refractivity contribution in [2.45, 2.75) is 19.9 Å². The number of hydrogen-bond donors (Lipinski definition) is 1. The molecule has 0 aliphatic rings. The first-order valence-corrected chi connectivity index (χ1v) is 10.0. The van der Waals surface area contributed by atoms with Gasteiger partial charge in [-0.2, -0.15) is 0 Å². The van der Waals surface area contributed by atoms with Crippen LogP contribution in [0.1, 0.15) is 11.4 Å². The predicted octanol–water partition coefficient (Wildman–Crippen LogP) is 2.10. The summed E-state index contributed by atoms with van der Waals surface area (Å²) in [6.45, 7) is 1.97. The number of benzene rings is 2. The predicted molar refractivity (Wildman–Crippen MR) is 120 cm³/mol. The molecule has 0 unspecified atom stereocenters. The van der Waals surface area contributed by atoms with Crippen LogP contribution in [0.3, 0.4) is 0 Å². The van der Waals surface area contributed by atoms with E-state index in [1.807, 2.05) is 18.2 Å². The molecule has 0 fully saturated rings. The van der Waals surface area contributed by atoms with Crippen LogP contribution in [0.5, 0.6) is 23.0 Å². The second-order valence-electron chi connectivity index (χ2n) is 7.06. The van der Waals surface area contributed by atoms with Gasteiger partial charge in [0.1, 0.15) is 12.4 Å². The minimum absolute atomic E-state index is 0.131. The van der Waals surface area contributed by atoms with E-state index in [1.54, 1.807) is 33.3 Å². The van der Waals surface area contributed by atoms with E-state index < -0.39 is 0 Å². The lowest BCUT2D eigenvalue weighted by atomic mass is 10.1. The van der Waals surface area contributed by atoms with Gasteiger partial charge in [0.2, 0.25) is 5.91 Å². The van der Waals surface area contributed by atoms with Crippen molar-refractivity contribution < 1.29 is 23.7 Å². The Bertz CT molecular complexity index is 1190. The first-order valence-electron chi connectivity index (χ1n) is 10.0. The normalized spacial score (nSPS) is 10.7. The number of carbonyl (C=O) groups excluding carboxylic acids is 1. The van der Waals surface area contributed by atoms with Crippen LogP contribution in [0.2, 0.25) is 0 Å². The molecule has 2 aromatic carbocycles. The van der Waals surface area contributed by atoms with E-state index in [0.717, 1.165) is 5.56 Å². The van der Waals surface area contributed by atoms with Gasteiger partial charge in [-0.1, -0.05) is 6.07 Å². The van der Waals surface area contributed by atoms with Gasteiger partial charge >= 0.3 is 0 Å². The van der Waals surface area contributed by atoms with E-state index in [0.29, 0.717) is 52.7 Å². The molecule has 3 aromatic rings. The molecule has 170 valence electrons. The second-order valence-corrected chi connectivity index (χ2v) is 7.06. The van der Waals surface area contributed by atoms with Crippen molar-refractivity contribution >= 4 is 16.8 Å². The Labute approximate surface area is 185 Å². The van der Waals surface area contributed by atoms with Crippen molar-refractivity contribution in [3.8, 4) is 23.0 Å². The van der Waals surface area contributed by atoms with Crippen LogP contribution in [0.25, 0.3) is 10.9 Å². The first-order chi connectivity index (χ1) is 15.4. The topological polar surface area (TPSA) is 101 Å². The Hall–Kier alpha value is -3.75. The van der Waals surface area contributed by atoms with Crippen LogP contribution >= 0.6 is 0 Å². The molecule has 9 nitrogen and oxygen atoms in total. The summed E-state index contributed by atoms with van der Waals surface area (Å²) in [6, 6.07) is 8.83. The SMILES string of the molecule is COc1ccc(CCNC(=O)Cn2c(C)nc3cc(OC)c(OC)cc3c2=O)cc1OC. The summed E-state index contributed by atoms with van der Waals surface area (Å²) < 4.78 is 22.4. The molecule has 0 saturated carbocycles. The third kappa shape index (κ3) is 4.77. The van der Waals surface area contributed by atoms with E-state index in [4.69, 9.17) is 18.9 Å². The van der Waals surface area contributed by atoms with E-state index in [-0.39, 0.29) is 18.0 Å². The van der Waals surface area contributed by atoms with Gasteiger partial charge in [-0.25, -0.2) is 4.98 Å². The molecule has 0 radical (unpaired) electrons. The van der Waals surface area contributed by atoms with Crippen molar-refractivity contribution in [1.82, 2.24) is 14.9 Å². The van der Waals surface area contributed by atoms with E-state index in [1.165, 1.54) is 18.8 Å². The molecule has 0 atom stereocenters. The molecule has 1 N–H and O–H groups in total. The fourth-order valence-corrected chi connectivity index (χ4v) is 3.43. The molecule has 1 heterocycles. The molecule has 1 aromatic heterocycles. The maximum atomic E-state index is 13.0. The third-order valence-electron chi connectivity index (χ3n) is 5.14. The Balaban J connectivity index is 1.72. The maximum absolute atomic E-state index is 13.0. The van der Waals surface area contributed by atoms with Gasteiger partial charge in [-0.3, -0.25) is 14.2 Å². The van der Waals surface area contributed by atoms with Gasteiger partial charge in [0, 0.05) is 12.6 Å². The Kier molecular flexibility index (Phi) is 7.19. The number of aryl methyl sites for hydroxylation is 1. The van der Waals surface area contributed by atoms with Crippen LogP contribution in [0.15, 0.2) is 35.1 Å². The van der Waals surface area contributed by atoms with Crippen LogP contribution in [-0.4, -0.2) is 50.4 Å². The van der Waals surface area contributed by atoms with Crippen molar-refractivity contribution in [3.05, 3.63) is 52.1 Å². The first kappa shape index (κ1) is 22.9. The quantitative estimate of drug-likeness (QED) is 0.543. The fourth-order valence-electron chi connectivity index (χ4n) is 3.43. The van der Waals surface area contributed by atoms with Gasteiger partial charge in [0.15, 0.2) is 23.0 Å². The summed E-state index contributed by atoms with van der Waals surface area (Å²) in [7, 11) is 6.17. The van der Waals surface area contributed by atoms with Crippen LogP contribution in [-0.2, 0) is 17.8 Å². The number of hydrogen-bond acceptors (Lipinski definition) is 7. The fraction of sp³-hybridized carbons (Fsp3) is 0.348. The molecule has 0 saturated heterocycles. The molecule has 1 amide bonds. The van der Waals surface area contributed by atoms with Crippen molar-refractivity contribution in [3.63, 3.8) is 0 Å². The summed E-state index contributed by atoms with van der Waals surface area (Å²) >= 11 is 0. The Morgan fingerprint density at radius 1 is 0.938 bits per heavy atom. The van der Waals surface area contributed by atoms with Crippen molar-refractivity contribution in [1.29, 1.82) is 0 Å². The highest BCUT2D eigenvalue weighted by Crippen LogP contribution is 2.30. The minimum atomic E-state index is -0.316. The van der Waals surface area contributed by atoms with Gasteiger partial charge in [-0.05, 0) is 37.1 Å². The van der Waals surface area contributed by atoms with Crippen LogP contribution in [0, 0.1) is 6.92 Å². The summed E-state index contributed by atoms with van der Waals surface area (Å²) in [5, 5.41) is 3.20. The standard InChI is InChI=1S/C23H27N3O6/c1-14-25-17-12-21(32-5)20(31-4)11-16(17)23(28)26(14)13-22(27)24-9-8-15-6-7-18(29-2)19(10-15)30-3/h6-7,10-12H,8-9,13H2,1-5H3,(H,24,27). The molecule has 0 bridgehead atoms. The molecule has 3 rings (SSSR count). The zero-order valence-electron chi connectivity index (χ0n) is 18.9. The van der Waals surface area contributed by atoms with E-state index in [2.05, 4.69) is 10.3 Å². The average Bonchev–Trinajstić information content (AvgIpc) is 2.80. The molecule has 9 heteroatoms. The molecule has 0 aliphatic carbocycles. The molecular weight excluding hydrogens is 414 g/mol. The lowest BCUT2D eigenvalue weighted by Crippen LogP contribution is -2.34. The maximum Gasteiger partial charge on any atom is 0.262 e. The lowest BCUT2D eigenvalue weighted by Gasteiger charge is -2.13. The van der Waals surface area contributed by atoms with Gasteiger partial charge < -0.3 is 24.3 Å². The van der Waals surface area contributed by atoms with E-state index in [9.17, 15) is 9.59 Å². The molecule has 0 aliphatic heterocycles. The summed E-state index contributed by atoms with van der Waals surface area (Å²) in [5.74, 6) is 2.34. The molecular formula is C23H27N3O6. The number of rotatable bonds is 9. The highest BCUT2D eigenvalue weighted by Gasteiger charge is 2.15. The minimum Gasteiger partial charge on any atom is -0.493 e. The number of amides is 1. The van der Waals surface area contributed by atoms with Crippen molar-refractivity contribution in [2.75, 3.05) is 35.0 Å². The average molecular weight is 441 g/mol. The molecule has 32 heavy (non-hydrogen) atoms. The highest BCUT2D eigenvalue weighted by atomic mass is 16.5. The number of nitrogens with zero attached hydrogens (tertiary/aromatic N) is 2. The molecule has 0 spiro atoms. The number of nitrogens with one attached hydrogen (secondary N) is 1. The Morgan fingerprint density at radius 3 is 2.22 bits per heavy atom. The summed E-state index contributed by atoms with van der Waals surface area (Å²) in [6.07, 6.45) is 0.604. The largest absolute Gasteiger partial charge is 0.493 e. The van der Waals surface area contributed by atoms with Gasteiger partial charge in [0.25, 0.3) is 5.56 Å². The van der Waals surface area contributed by atoms with Gasteiger partial charge in [0.05, 0.1) is 39.3 Å². The van der Waals surface area contributed by atoms with E-state index >= 15 is 0 Å². The summed E-state index contributed by atoms with van der Waals surface area (Å²) in [5.41, 5.74) is 1.16. The zero-order chi connectivity index (χ0) is 23.3. The number of fused-ring (bicyclic) bond motifs is 1. The zero-order valence-corrected chi connectivity index (χ0v) is 18.9. The number of aromatic nitrogens is 2. The smallest absolute Gasteiger partial charge is 0.262 e. The number of methoxy groups -OCH3 is 4. The second kappa shape index (κ2) is 10.0.